The largest absolute Gasteiger partial charge is 0.507 e. The summed E-state index contributed by atoms with van der Waals surface area (Å²) in [4.78, 5) is 28.5. The van der Waals surface area contributed by atoms with Crippen LogP contribution in [0.2, 0.25) is 0 Å². The van der Waals surface area contributed by atoms with Crippen molar-refractivity contribution in [1.82, 2.24) is 0 Å². The highest BCUT2D eigenvalue weighted by Gasteiger charge is 2.51. The zero-order valence-corrected chi connectivity index (χ0v) is 45.5. The Kier molecular flexibility index (Phi) is 18.1. The van der Waals surface area contributed by atoms with Crippen molar-refractivity contribution in [1.29, 1.82) is 0 Å². The maximum absolute atomic E-state index is 15.1. The van der Waals surface area contributed by atoms with Gasteiger partial charge in [0.05, 0.1) is 32.0 Å². The lowest BCUT2D eigenvalue weighted by Gasteiger charge is -2.43. The van der Waals surface area contributed by atoms with Gasteiger partial charge in [-0.05, 0) is 61.9 Å². The number of aliphatic hydroxyl groups is 11. The van der Waals surface area contributed by atoms with Gasteiger partial charge >= 0.3 is 5.97 Å². The average molecular weight is 1230 g/mol. The molecule has 18 N–H and O–H groups in total. The summed E-state index contributed by atoms with van der Waals surface area (Å²) in [5.74, 6) is -9.40. The van der Waals surface area contributed by atoms with Crippen LogP contribution in [0.15, 0.2) is 69.9 Å². The Hall–Kier alpha value is -7.22. The van der Waals surface area contributed by atoms with Crippen molar-refractivity contribution in [3.05, 3.63) is 87.6 Å². The van der Waals surface area contributed by atoms with E-state index < -0.39 is 223 Å². The van der Waals surface area contributed by atoms with Crippen molar-refractivity contribution >= 4 is 23.0 Å². The number of benzene rings is 4. The van der Waals surface area contributed by atoms with Gasteiger partial charge in [-0.1, -0.05) is 6.07 Å². The predicted molar refractivity (Wildman–Crippen MR) is 284 cm³/mol. The molecule has 0 spiro atoms. The SMILES string of the molecule is C[C@@H]1O[C@@H](OC[C@H]2O[C@@H](Oc3c(-c4ccc(O)c(O)c4)oc4c5c(cc(O)c4c3=O)Oc3cc(O)c(O)cc3[C@H]5CO[C@@H]3O[C@H](CO[C@@H]4O[C@@H](C)[C@H](O)[C@@H](O)[C@H]4O)[C@@H](OC(=O)/C=C\c4ccc(O)c(O)c4)[C@H](O)[C@H]3O)[C@H](O)[C@@H](O)[C@@H]2O)[C@H](O)[C@H](O)[C@H]1O. The number of phenols is 7. The molecule has 4 fully saturated rings. The first kappa shape index (κ1) is 62.8. The van der Waals surface area contributed by atoms with E-state index in [0.717, 1.165) is 54.6 Å². The number of aliphatic hydroxyl groups excluding tert-OH is 11. The maximum Gasteiger partial charge on any atom is 0.331 e. The molecule has 4 saturated heterocycles. The first-order valence-electron chi connectivity index (χ1n) is 26.9. The van der Waals surface area contributed by atoms with Gasteiger partial charge in [0.1, 0.15) is 108 Å². The van der Waals surface area contributed by atoms with Gasteiger partial charge in [-0.2, -0.15) is 0 Å². The van der Waals surface area contributed by atoms with Crippen LogP contribution in [0.5, 0.6) is 57.5 Å². The minimum Gasteiger partial charge on any atom is -0.507 e. The lowest BCUT2D eigenvalue weighted by molar-refractivity contribution is -0.328. The van der Waals surface area contributed by atoms with E-state index in [1.54, 1.807) is 0 Å². The minimum absolute atomic E-state index is 0.0491. The van der Waals surface area contributed by atoms with E-state index in [1.807, 2.05) is 0 Å². The number of aromatic hydroxyl groups is 7. The van der Waals surface area contributed by atoms with Crippen LogP contribution in [-0.2, 0) is 42.7 Å². The molecule has 21 atom stereocenters. The van der Waals surface area contributed by atoms with Crippen LogP contribution in [0, 0.1) is 0 Å². The summed E-state index contributed by atoms with van der Waals surface area (Å²) in [7, 11) is 0. The standard InChI is InChI=1S/C56H62O31/c1-17-37(65)41(69)45(73)53(80-17)78-15-32-39(67)43(71)47(75)56(83-32)87-52-40(68)36-29(63)13-31-35(51(36)86-49(52)20-5-7-24(58)26(60)10-20)22(21-11-27(61)28(62)12-30(21)82-31)14-77-55-48(76)44(72)50(85-34(64)8-4-19-3-6-23(57)25(59)9-19)33(84-55)16-79-54-46(74)42(70)38(66)18(2)81-54/h3-13,17-18,22,32-33,37-39,41-48,50,53-63,65-67,69-76H,14-16H2,1-2H3/b8-4-/t17-,18-,22+,32+,33+,37-,38-,39+,41+,42+,43-,44+,45+,46+,47+,48+,50+,53+,54+,55+,56-/m0/s1. The van der Waals surface area contributed by atoms with Crippen molar-refractivity contribution in [2.75, 3.05) is 19.8 Å². The van der Waals surface area contributed by atoms with Crippen molar-refractivity contribution in [2.24, 2.45) is 0 Å². The van der Waals surface area contributed by atoms with Gasteiger partial charge in [-0.15, -0.1) is 0 Å². The highest BCUT2D eigenvalue weighted by molar-refractivity contribution is 5.93. The summed E-state index contributed by atoms with van der Waals surface area (Å²) in [6, 6.07) is 9.56. The van der Waals surface area contributed by atoms with Crippen molar-refractivity contribution in [2.45, 2.75) is 143 Å². The van der Waals surface area contributed by atoms with Crippen LogP contribution < -0.4 is 14.9 Å². The molecule has 87 heavy (non-hydrogen) atoms. The number of rotatable bonds is 15. The third-order valence-corrected chi connectivity index (χ3v) is 15.5. The van der Waals surface area contributed by atoms with Gasteiger partial charge in [0, 0.05) is 40.8 Å². The van der Waals surface area contributed by atoms with Crippen LogP contribution in [0.3, 0.4) is 0 Å². The second-order valence-corrected chi connectivity index (χ2v) is 21.3. The molecule has 4 aromatic carbocycles. The van der Waals surface area contributed by atoms with E-state index in [1.165, 1.54) is 26.0 Å². The number of carbonyl (C=O) groups excluding carboxylic acids is 1. The third kappa shape index (κ3) is 12.2. The molecule has 31 nitrogen and oxygen atoms in total. The van der Waals surface area contributed by atoms with Gasteiger partial charge in [0.15, 0.2) is 65.2 Å². The van der Waals surface area contributed by atoms with Crippen molar-refractivity contribution in [3.8, 4) is 68.8 Å². The number of ether oxygens (including phenoxy) is 10. The lowest BCUT2D eigenvalue weighted by Crippen LogP contribution is -2.62. The molecule has 472 valence electrons. The first-order valence-corrected chi connectivity index (χ1v) is 26.9. The number of hydrogen-bond donors (Lipinski definition) is 18. The molecular weight excluding hydrogens is 1170 g/mol. The van der Waals surface area contributed by atoms with Gasteiger partial charge in [0.2, 0.25) is 17.5 Å². The van der Waals surface area contributed by atoms with Crippen LogP contribution in [0.25, 0.3) is 28.4 Å². The lowest BCUT2D eigenvalue weighted by atomic mass is 9.86. The van der Waals surface area contributed by atoms with Gasteiger partial charge < -0.3 is 144 Å². The normalized spacial score (nSPS) is 34.2. The molecule has 0 amide bonds. The average Bonchev–Trinajstić information content (AvgIpc) is 0.763. The summed E-state index contributed by atoms with van der Waals surface area (Å²) >= 11 is 0. The molecule has 1 aromatic heterocycles. The Balaban J connectivity index is 1.00. The molecule has 5 aromatic rings. The molecular formula is C56H62O31. The highest BCUT2D eigenvalue weighted by Crippen LogP contribution is 2.53. The van der Waals surface area contributed by atoms with E-state index in [0.29, 0.717) is 0 Å². The summed E-state index contributed by atoms with van der Waals surface area (Å²) in [6.07, 6.45) is -33.5. The van der Waals surface area contributed by atoms with E-state index in [4.69, 9.17) is 51.8 Å². The Bertz CT molecular complexity index is 3430. The Labute approximate surface area is 489 Å². The number of carbonyl (C=O) groups is 1. The molecule has 10 rings (SSSR count). The summed E-state index contributed by atoms with van der Waals surface area (Å²) in [5, 5.41) is 193. The summed E-state index contributed by atoms with van der Waals surface area (Å²) in [5.41, 5.74) is -2.15. The number of esters is 1. The monoisotopic (exact) mass is 1230 g/mol. The van der Waals surface area contributed by atoms with Crippen LogP contribution in [0.4, 0.5) is 0 Å². The molecule has 5 aliphatic heterocycles. The minimum atomic E-state index is -2.19. The second kappa shape index (κ2) is 25.1. The molecule has 5 aliphatic rings. The molecule has 0 unspecified atom stereocenters. The maximum atomic E-state index is 15.1. The quantitative estimate of drug-likeness (QED) is 0.0295. The molecule has 31 heteroatoms. The fourth-order valence-corrected chi connectivity index (χ4v) is 10.5. The first-order chi connectivity index (χ1) is 41.2. The molecule has 0 radical (unpaired) electrons. The number of fused-ring (bicyclic) bond motifs is 4. The Morgan fingerprint density at radius 3 is 1.67 bits per heavy atom. The van der Waals surface area contributed by atoms with E-state index >= 15 is 4.79 Å². The number of hydrogen-bond acceptors (Lipinski definition) is 31. The van der Waals surface area contributed by atoms with E-state index in [2.05, 4.69) is 0 Å². The topological polar surface area (TPSA) is 504 Å². The van der Waals surface area contributed by atoms with Crippen LogP contribution >= 0.6 is 0 Å². The van der Waals surface area contributed by atoms with Gasteiger partial charge in [0.25, 0.3) is 0 Å². The summed E-state index contributed by atoms with van der Waals surface area (Å²) < 4.78 is 64.6. The zero-order valence-electron chi connectivity index (χ0n) is 45.5. The summed E-state index contributed by atoms with van der Waals surface area (Å²) in [6.45, 7) is 0.443. The zero-order chi connectivity index (χ0) is 62.8. The fourth-order valence-electron chi connectivity index (χ4n) is 10.5. The van der Waals surface area contributed by atoms with Crippen LogP contribution in [-0.4, -0.2) is 241 Å². The van der Waals surface area contributed by atoms with E-state index in [-0.39, 0.29) is 33.8 Å². The molecule has 6 heterocycles. The highest BCUT2D eigenvalue weighted by atomic mass is 16.7. The molecule has 0 bridgehead atoms. The smallest absolute Gasteiger partial charge is 0.331 e. The fraction of sp³-hybridized carbons (Fsp3) is 0.464. The molecule has 0 aliphatic carbocycles. The third-order valence-electron chi connectivity index (χ3n) is 15.5. The Morgan fingerprint density at radius 1 is 0.517 bits per heavy atom. The van der Waals surface area contributed by atoms with Crippen molar-refractivity contribution < 1.29 is 148 Å². The van der Waals surface area contributed by atoms with Gasteiger partial charge in [-0.25, -0.2) is 4.79 Å². The van der Waals surface area contributed by atoms with Gasteiger partial charge in [-0.3, -0.25) is 4.79 Å². The Morgan fingerprint density at radius 2 is 1.03 bits per heavy atom. The van der Waals surface area contributed by atoms with Crippen molar-refractivity contribution in [3.63, 3.8) is 0 Å². The van der Waals surface area contributed by atoms with E-state index in [9.17, 15) is 96.7 Å². The number of phenolic OH excluding ortho intramolecular Hbond substituents is 7. The second-order valence-electron chi connectivity index (χ2n) is 21.3. The molecule has 0 saturated carbocycles. The van der Waals surface area contributed by atoms with Crippen LogP contribution in [0.1, 0.15) is 36.5 Å². The predicted octanol–water partition coefficient (Wildman–Crippen LogP) is -2.40.